The predicted molar refractivity (Wildman–Crippen MR) is 109 cm³/mol. The van der Waals surface area contributed by atoms with E-state index in [0.29, 0.717) is 11.6 Å². The molecular weight excluding hydrogens is 390 g/mol. The third-order valence-electron chi connectivity index (χ3n) is 4.70. The molecule has 2 aromatic carbocycles. The van der Waals surface area contributed by atoms with Crippen molar-refractivity contribution in [2.24, 2.45) is 11.7 Å². The standard InChI is InChI=1S/C23H26F2N2O3/c1-14(2)9-20(28)22(17-7-5-4-6-8-17)27(15(3)23(26)30)21(29)12-16-10-18(24)13-19(25)11-16/h4-8,10-11,13-15,22H,9,12H2,1-3H3,(H2,26,30)/t15-,22?/m0/s1. The summed E-state index contributed by atoms with van der Waals surface area (Å²) < 4.78 is 27.1. The Morgan fingerprint density at radius 1 is 0.967 bits per heavy atom. The van der Waals surface area contributed by atoms with Crippen LogP contribution in [0.1, 0.15) is 44.4 Å². The van der Waals surface area contributed by atoms with Crippen LogP contribution in [0.25, 0.3) is 0 Å². The number of hydrogen-bond acceptors (Lipinski definition) is 3. The maximum Gasteiger partial charge on any atom is 0.239 e. The number of nitrogens with zero attached hydrogens (tertiary/aromatic N) is 1. The van der Waals surface area contributed by atoms with Crippen molar-refractivity contribution in [2.45, 2.75) is 45.7 Å². The first-order valence-corrected chi connectivity index (χ1v) is 9.73. The van der Waals surface area contributed by atoms with Gasteiger partial charge in [-0.2, -0.15) is 0 Å². The zero-order valence-corrected chi connectivity index (χ0v) is 17.3. The largest absolute Gasteiger partial charge is 0.368 e. The molecule has 5 nitrogen and oxygen atoms in total. The van der Waals surface area contributed by atoms with Crippen LogP contribution in [0.2, 0.25) is 0 Å². The van der Waals surface area contributed by atoms with E-state index < -0.39 is 35.5 Å². The molecule has 7 heteroatoms. The molecule has 0 aromatic heterocycles. The minimum atomic E-state index is -1.10. The van der Waals surface area contributed by atoms with Crippen LogP contribution >= 0.6 is 0 Å². The van der Waals surface area contributed by atoms with Crippen molar-refractivity contribution in [3.05, 3.63) is 71.3 Å². The van der Waals surface area contributed by atoms with E-state index in [-0.39, 0.29) is 30.1 Å². The predicted octanol–water partition coefficient (Wildman–Crippen LogP) is 3.57. The molecule has 0 radical (unpaired) electrons. The Morgan fingerprint density at radius 2 is 1.53 bits per heavy atom. The second-order valence-electron chi connectivity index (χ2n) is 7.71. The fraction of sp³-hybridized carbons (Fsp3) is 0.348. The Bertz CT molecular complexity index is 896. The molecule has 2 atom stereocenters. The van der Waals surface area contributed by atoms with Gasteiger partial charge in [-0.15, -0.1) is 0 Å². The Labute approximate surface area is 174 Å². The summed E-state index contributed by atoms with van der Waals surface area (Å²) in [7, 11) is 0. The lowest BCUT2D eigenvalue weighted by Crippen LogP contribution is -2.50. The average molecular weight is 416 g/mol. The molecule has 2 N–H and O–H groups in total. The monoisotopic (exact) mass is 416 g/mol. The number of nitrogens with two attached hydrogens (primary N) is 1. The highest BCUT2D eigenvalue weighted by atomic mass is 19.1. The third kappa shape index (κ3) is 5.95. The first kappa shape index (κ1) is 23.2. The number of carbonyl (C=O) groups is 3. The van der Waals surface area contributed by atoms with Crippen LogP contribution in [-0.4, -0.2) is 28.5 Å². The quantitative estimate of drug-likeness (QED) is 0.679. The number of benzene rings is 2. The van der Waals surface area contributed by atoms with E-state index in [4.69, 9.17) is 5.73 Å². The van der Waals surface area contributed by atoms with Gasteiger partial charge in [-0.05, 0) is 36.1 Å². The normalized spacial score (nSPS) is 13.0. The Hall–Kier alpha value is -3.09. The molecule has 30 heavy (non-hydrogen) atoms. The van der Waals surface area contributed by atoms with E-state index in [1.165, 1.54) is 6.92 Å². The summed E-state index contributed by atoms with van der Waals surface area (Å²) in [5.41, 5.74) is 6.11. The Kier molecular flexibility index (Phi) is 7.80. The number of rotatable bonds is 9. The minimum absolute atomic E-state index is 0.0295. The van der Waals surface area contributed by atoms with Gasteiger partial charge in [0.15, 0.2) is 5.78 Å². The smallest absolute Gasteiger partial charge is 0.239 e. The first-order chi connectivity index (χ1) is 14.1. The molecule has 0 heterocycles. The molecule has 0 spiro atoms. The van der Waals surface area contributed by atoms with Gasteiger partial charge in [0.05, 0.1) is 6.42 Å². The maximum atomic E-state index is 13.6. The number of amides is 2. The number of carbonyl (C=O) groups excluding carboxylic acids is 3. The fourth-order valence-corrected chi connectivity index (χ4v) is 3.35. The number of Topliss-reactive ketones (excluding diaryl/α,β-unsaturated/α-hetero) is 1. The molecule has 0 aliphatic heterocycles. The number of primary amides is 1. The first-order valence-electron chi connectivity index (χ1n) is 9.73. The van der Waals surface area contributed by atoms with Crippen LogP contribution in [0.5, 0.6) is 0 Å². The van der Waals surface area contributed by atoms with Gasteiger partial charge in [-0.3, -0.25) is 14.4 Å². The van der Waals surface area contributed by atoms with Gasteiger partial charge in [0.2, 0.25) is 11.8 Å². The molecule has 0 aliphatic carbocycles. The topological polar surface area (TPSA) is 80.5 Å². The van der Waals surface area contributed by atoms with Crippen molar-refractivity contribution in [2.75, 3.05) is 0 Å². The molecule has 2 rings (SSSR count). The highest BCUT2D eigenvalue weighted by Crippen LogP contribution is 2.28. The second kappa shape index (κ2) is 10.1. The van der Waals surface area contributed by atoms with Gasteiger partial charge in [0, 0.05) is 12.5 Å². The van der Waals surface area contributed by atoms with Crippen LogP contribution in [0.3, 0.4) is 0 Å². The van der Waals surface area contributed by atoms with E-state index in [1.807, 2.05) is 13.8 Å². The van der Waals surface area contributed by atoms with E-state index in [1.54, 1.807) is 30.3 Å². The Balaban J connectivity index is 2.50. The number of ketones is 1. The van der Waals surface area contributed by atoms with Crippen molar-refractivity contribution in [1.29, 1.82) is 0 Å². The van der Waals surface area contributed by atoms with Gasteiger partial charge in [-0.1, -0.05) is 44.2 Å². The fourth-order valence-electron chi connectivity index (χ4n) is 3.35. The van der Waals surface area contributed by atoms with Gasteiger partial charge in [0.25, 0.3) is 0 Å². The SMILES string of the molecule is CC(C)CC(=O)C(c1ccccc1)N(C(=O)Cc1cc(F)cc(F)c1)[C@@H](C)C(N)=O. The molecule has 0 saturated heterocycles. The van der Waals surface area contributed by atoms with Crippen molar-refractivity contribution in [3.8, 4) is 0 Å². The molecular formula is C23H26F2N2O3. The summed E-state index contributed by atoms with van der Waals surface area (Å²) in [5.74, 6) is -3.26. The molecule has 0 saturated carbocycles. The molecule has 0 aliphatic rings. The molecule has 2 aromatic rings. The zero-order chi connectivity index (χ0) is 22.4. The van der Waals surface area contributed by atoms with E-state index in [0.717, 1.165) is 17.0 Å². The molecule has 0 bridgehead atoms. The molecule has 0 fully saturated rings. The van der Waals surface area contributed by atoms with Gasteiger partial charge in [-0.25, -0.2) is 8.78 Å². The lowest BCUT2D eigenvalue weighted by molar-refractivity contribution is -0.146. The average Bonchev–Trinajstić information content (AvgIpc) is 2.64. The maximum absolute atomic E-state index is 13.6. The third-order valence-corrected chi connectivity index (χ3v) is 4.70. The van der Waals surface area contributed by atoms with Crippen LogP contribution in [0, 0.1) is 17.6 Å². The van der Waals surface area contributed by atoms with Gasteiger partial charge in [0.1, 0.15) is 23.7 Å². The van der Waals surface area contributed by atoms with Crippen molar-refractivity contribution < 1.29 is 23.2 Å². The molecule has 1 unspecified atom stereocenters. The number of halogens is 2. The highest BCUT2D eigenvalue weighted by molar-refractivity contribution is 5.94. The summed E-state index contributed by atoms with van der Waals surface area (Å²) in [5, 5.41) is 0. The van der Waals surface area contributed by atoms with Crippen molar-refractivity contribution in [3.63, 3.8) is 0 Å². The van der Waals surface area contributed by atoms with Crippen molar-refractivity contribution in [1.82, 2.24) is 4.90 Å². The highest BCUT2D eigenvalue weighted by Gasteiger charge is 2.36. The van der Waals surface area contributed by atoms with Crippen LogP contribution < -0.4 is 5.73 Å². The second-order valence-corrected chi connectivity index (χ2v) is 7.71. The van der Waals surface area contributed by atoms with E-state index in [9.17, 15) is 23.2 Å². The summed E-state index contributed by atoms with van der Waals surface area (Å²) in [4.78, 5) is 39.4. The summed E-state index contributed by atoms with van der Waals surface area (Å²) >= 11 is 0. The van der Waals surface area contributed by atoms with E-state index in [2.05, 4.69) is 0 Å². The van der Waals surface area contributed by atoms with Crippen molar-refractivity contribution >= 4 is 17.6 Å². The zero-order valence-electron chi connectivity index (χ0n) is 17.3. The lowest BCUT2D eigenvalue weighted by Gasteiger charge is -2.35. The van der Waals surface area contributed by atoms with Gasteiger partial charge >= 0.3 is 0 Å². The summed E-state index contributed by atoms with van der Waals surface area (Å²) in [6, 6.07) is 9.26. The lowest BCUT2D eigenvalue weighted by atomic mass is 9.93. The summed E-state index contributed by atoms with van der Waals surface area (Å²) in [6.07, 6.45) is -0.200. The van der Waals surface area contributed by atoms with Crippen LogP contribution in [0.15, 0.2) is 48.5 Å². The van der Waals surface area contributed by atoms with Gasteiger partial charge < -0.3 is 10.6 Å². The Morgan fingerprint density at radius 3 is 2.03 bits per heavy atom. The molecule has 160 valence electrons. The molecule has 2 amide bonds. The van der Waals surface area contributed by atoms with Crippen LogP contribution in [-0.2, 0) is 20.8 Å². The minimum Gasteiger partial charge on any atom is -0.368 e. The van der Waals surface area contributed by atoms with E-state index >= 15 is 0 Å². The summed E-state index contributed by atoms with van der Waals surface area (Å²) in [6.45, 7) is 5.18. The van der Waals surface area contributed by atoms with Crippen LogP contribution in [0.4, 0.5) is 8.78 Å². The number of hydrogen-bond donors (Lipinski definition) is 1.